The summed E-state index contributed by atoms with van der Waals surface area (Å²) in [6.45, 7) is 8.74. The van der Waals surface area contributed by atoms with Crippen molar-refractivity contribution >= 4 is 24.0 Å². The summed E-state index contributed by atoms with van der Waals surface area (Å²) >= 11 is 0. The molecule has 1 aliphatic rings. The van der Waals surface area contributed by atoms with Crippen molar-refractivity contribution in [2.75, 3.05) is 13.7 Å². The molecule has 2 amide bonds. The lowest BCUT2D eigenvalue weighted by Gasteiger charge is -2.29. The van der Waals surface area contributed by atoms with Crippen molar-refractivity contribution in [1.82, 2.24) is 10.6 Å². The topological polar surface area (TPSA) is 103 Å². The van der Waals surface area contributed by atoms with Crippen LogP contribution in [0, 0.1) is 0 Å². The van der Waals surface area contributed by atoms with Gasteiger partial charge in [-0.2, -0.15) is 0 Å². The summed E-state index contributed by atoms with van der Waals surface area (Å²) in [5.41, 5.74) is -0.145. The van der Waals surface area contributed by atoms with Gasteiger partial charge in [-0.15, -0.1) is 0 Å². The van der Waals surface area contributed by atoms with Crippen LogP contribution in [0.5, 0.6) is 5.75 Å². The summed E-state index contributed by atoms with van der Waals surface area (Å²) in [6, 6.07) is 6.72. The number of rotatable bonds is 6. The van der Waals surface area contributed by atoms with Gasteiger partial charge in [-0.25, -0.2) is 9.59 Å². The molecule has 31 heavy (non-hydrogen) atoms. The van der Waals surface area contributed by atoms with Gasteiger partial charge in [0, 0.05) is 12.0 Å². The molecule has 0 fully saturated rings. The molecule has 2 N–H and O–H groups in total. The monoisotopic (exact) mass is 432 g/mol. The molecule has 1 aromatic rings. The minimum absolute atomic E-state index is 0.263. The van der Waals surface area contributed by atoms with Gasteiger partial charge < -0.3 is 24.8 Å². The first-order valence-corrected chi connectivity index (χ1v) is 10.2. The lowest BCUT2D eigenvalue weighted by Crippen LogP contribution is -2.58. The maximum atomic E-state index is 12.9. The highest BCUT2D eigenvalue weighted by Crippen LogP contribution is 2.27. The van der Waals surface area contributed by atoms with Crippen LogP contribution in [0.4, 0.5) is 4.79 Å². The van der Waals surface area contributed by atoms with Crippen molar-refractivity contribution in [2.45, 2.75) is 64.6 Å². The van der Waals surface area contributed by atoms with Crippen molar-refractivity contribution in [2.24, 2.45) is 0 Å². The Labute approximate surface area is 183 Å². The predicted molar refractivity (Wildman–Crippen MR) is 117 cm³/mol. The zero-order chi connectivity index (χ0) is 23.2. The van der Waals surface area contributed by atoms with Crippen LogP contribution in [0.3, 0.4) is 0 Å². The third-order valence-electron chi connectivity index (χ3n) is 4.60. The molecule has 170 valence electrons. The fourth-order valence-corrected chi connectivity index (χ4v) is 3.03. The van der Waals surface area contributed by atoms with E-state index in [1.807, 2.05) is 30.3 Å². The van der Waals surface area contributed by atoms with Crippen molar-refractivity contribution in [3.8, 4) is 5.75 Å². The Kier molecular flexibility index (Phi) is 7.70. The molecule has 0 saturated carbocycles. The van der Waals surface area contributed by atoms with Crippen molar-refractivity contribution in [1.29, 1.82) is 0 Å². The van der Waals surface area contributed by atoms with Gasteiger partial charge in [0.15, 0.2) is 0 Å². The average Bonchev–Trinajstić information content (AvgIpc) is 2.86. The maximum absolute atomic E-state index is 12.9. The first-order chi connectivity index (χ1) is 14.4. The van der Waals surface area contributed by atoms with Gasteiger partial charge in [-0.05, 0) is 47.1 Å². The third-order valence-corrected chi connectivity index (χ3v) is 4.60. The van der Waals surface area contributed by atoms with Gasteiger partial charge >= 0.3 is 12.1 Å². The minimum Gasteiger partial charge on any atom is -0.493 e. The predicted octanol–water partition coefficient (Wildman–Crippen LogP) is 3.20. The molecule has 1 aliphatic heterocycles. The second kappa shape index (κ2) is 9.85. The standard InChI is InChI=1S/C23H32N2O6/c1-22(2,3)31-21(28)25-23(4,5)20(27)24-17(19(26)29-6)14-15-11-12-30-18-10-8-7-9-16(18)13-15/h7-10,13,17H,11-12,14H2,1-6H3,(H,24,27)(H,25,28). The lowest BCUT2D eigenvalue weighted by atomic mass is 9.99. The van der Waals surface area contributed by atoms with E-state index in [9.17, 15) is 14.4 Å². The van der Waals surface area contributed by atoms with E-state index in [1.165, 1.54) is 21.0 Å². The number of benzene rings is 1. The quantitative estimate of drug-likeness (QED) is 0.669. The van der Waals surface area contributed by atoms with Gasteiger partial charge in [0.25, 0.3) is 0 Å². The van der Waals surface area contributed by atoms with Crippen LogP contribution in [-0.4, -0.2) is 48.9 Å². The van der Waals surface area contributed by atoms with Crippen molar-refractivity contribution in [3.63, 3.8) is 0 Å². The molecule has 1 atom stereocenters. The number of hydrogen-bond acceptors (Lipinski definition) is 6. The molecule has 0 bridgehead atoms. The summed E-state index contributed by atoms with van der Waals surface area (Å²) < 4.78 is 15.9. The maximum Gasteiger partial charge on any atom is 0.408 e. The summed E-state index contributed by atoms with van der Waals surface area (Å²) in [4.78, 5) is 37.4. The van der Waals surface area contributed by atoms with E-state index in [1.54, 1.807) is 20.8 Å². The number of carbonyl (C=O) groups is 3. The van der Waals surface area contributed by atoms with Gasteiger partial charge in [0.05, 0.1) is 13.7 Å². The van der Waals surface area contributed by atoms with Crippen LogP contribution in [0.15, 0.2) is 29.8 Å². The zero-order valence-electron chi connectivity index (χ0n) is 19.0. The van der Waals surface area contributed by atoms with Crippen LogP contribution in [0.2, 0.25) is 0 Å². The van der Waals surface area contributed by atoms with Gasteiger partial charge in [0.1, 0.15) is 22.9 Å². The summed E-state index contributed by atoms with van der Waals surface area (Å²) in [5, 5.41) is 5.24. The number of fused-ring (bicyclic) bond motifs is 1. The van der Waals surface area contributed by atoms with Gasteiger partial charge in [-0.1, -0.05) is 29.8 Å². The lowest BCUT2D eigenvalue weighted by molar-refractivity contribution is -0.145. The molecule has 1 heterocycles. The molecule has 0 spiro atoms. The van der Waals surface area contributed by atoms with Crippen LogP contribution in [0.1, 0.15) is 53.0 Å². The molecule has 1 aromatic carbocycles. The molecule has 8 nitrogen and oxygen atoms in total. The van der Waals surface area contributed by atoms with Crippen molar-refractivity contribution < 1.29 is 28.6 Å². The summed E-state index contributed by atoms with van der Waals surface area (Å²) in [6.07, 6.45) is 2.12. The van der Waals surface area contributed by atoms with Gasteiger partial charge in [-0.3, -0.25) is 4.79 Å². The van der Waals surface area contributed by atoms with E-state index >= 15 is 0 Å². The van der Waals surface area contributed by atoms with E-state index in [-0.39, 0.29) is 6.42 Å². The second-order valence-electron chi connectivity index (χ2n) is 8.94. The SMILES string of the molecule is COC(=O)C(CC1=Cc2ccccc2OCC1)NC(=O)C(C)(C)NC(=O)OC(C)(C)C. The van der Waals surface area contributed by atoms with Crippen LogP contribution < -0.4 is 15.4 Å². The number of hydrogen-bond donors (Lipinski definition) is 2. The highest BCUT2D eigenvalue weighted by atomic mass is 16.6. The van der Waals surface area contributed by atoms with Crippen LogP contribution >= 0.6 is 0 Å². The molecule has 1 unspecified atom stereocenters. The number of para-hydroxylation sites is 1. The number of esters is 1. The molecular weight excluding hydrogens is 400 g/mol. The van der Waals surface area contributed by atoms with E-state index in [0.29, 0.717) is 13.0 Å². The third kappa shape index (κ3) is 7.31. The van der Waals surface area contributed by atoms with E-state index in [0.717, 1.165) is 16.9 Å². The highest BCUT2D eigenvalue weighted by molar-refractivity contribution is 5.92. The molecule has 0 aliphatic carbocycles. The Balaban J connectivity index is 2.12. The summed E-state index contributed by atoms with van der Waals surface area (Å²) in [7, 11) is 1.27. The number of carbonyl (C=O) groups excluding carboxylic acids is 3. The molecule has 0 saturated heterocycles. The van der Waals surface area contributed by atoms with E-state index in [4.69, 9.17) is 14.2 Å². The Morgan fingerprint density at radius 1 is 1.13 bits per heavy atom. The average molecular weight is 433 g/mol. The Morgan fingerprint density at radius 3 is 2.45 bits per heavy atom. The first-order valence-electron chi connectivity index (χ1n) is 10.2. The van der Waals surface area contributed by atoms with Crippen molar-refractivity contribution in [3.05, 3.63) is 35.4 Å². The largest absolute Gasteiger partial charge is 0.493 e. The fraction of sp³-hybridized carbons (Fsp3) is 0.522. The minimum atomic E-state index is -1.30. The number of amides is 2. The molecule has 8 heteroatoms. The smallest absolute Gasteiger partial charge is 0.408 e. The molecule has 0 aromatic heterocycles. The normalized spacial score (nSPS) is 14.7. The van der Waals surface area contributed by atoms with E-state index < -0.39 is 35.2 Å². The molecular formula is C23H32N2O6. The van der Waals surface area contributed by atoms with Crippen LogP contribution in [-0.2, 0) is 19.1 Å². The number of nitrogens with one attached hydrogen (secondary N) is 2. The molecule has 0 radical (unpaired) electrons. The Hall–Kier alpha value is -3.03. The fourth-order valence-electron chi connectivity index (χ4n) is 3.03. The number of alkyl carbamates (subject to hydrolysis) is 1. The Bertz CT molecular complexity index is 854. The molecule has 2 rings (SSSR count). The first kappa shape index (κ1) is 24.2. The van der Waals surface area contributed by atoms with Crippen LogP contribution in [0.25, 0.3) is 6.08 Å². The zero-order valence-corrected chi connectivity index (χ0v) is 19.0. The van der Waals surface area contributed by atoms with E-state index in [2.05, 4.69) is 10.6 Å². The van der Waals surface area contributed by atoms with Gasteiger partial charge in [0.2, 0.25) is 5.91 Å². The number of methoxy groups -OCH3 is 1. The summed E-state index contributed by atoms with van der Waals surface area (Å²) in [5.74, 6) is -0.320. The number of ether oxygens (including phenoxy) is 3. The highest BCUT2D eigenvalue weighted by Gasteiger charge is 2.35. The Morgan fingerprint density at radius 2 is 1.81 bits per heavy atom. The second-order valence-corrected chi connectivity index (χ2v) is 8.94.